The molecule has 2 aliphatic heterocycles. The van der Waals surface area contributed by atoms with Crippen LogP contribution in [0.4, 0.5) is 0 Å². The first-order valence-corrected chi connectivity index (χ1v) is 6.22. The van der Waals surface area contributed by atoms with Gasteiger partial charge in [-0.25, -0.2) is 0 Å². The Morgan fingerprint density at radius 1 is 1.31 bits per heavy atom. The molecule has 0 aliphatic carbocycles. The molecule has 0 aromatic heterocycles. The van der Waals surface area contributed by atoms with Crippen molar-refractivity contribution in [3.8, 4) is 0 Å². The molecule has 0 aromatic carbocycles. The molecule has 4 heteroatoms. The number of rotatable bonds is 4. The summed E-state index contributed by atoms with van der Waals surface area (Å²) in [7, 11) is 0. The molecule has 0 spiro atoms. The molecule has 1 unspecified atom stereocenters. The molecule has 2 aliphatic rings. The van der Waals surface area contributed by atoms with E-state index in [1.54, 1.807) is 0 Å². The Bertz CT molecular complexity index is 243. The average Bonchev–Trinajstić information content (AvgIpc) is 2.79. The van der Waals surface area contributed by atoms with Gasteiger partial charge in [0.15, 0.2) is 5.78 Å². The highest BCUT2D eigenvalue weighted by Gasteiger charge is 2.35. The van der Waals surface area contributed by atoms with Crippen LogP contribution in [0, 0.1) is 0 Å². The highest BCUT2D eigenvalue weighted by Crippen LogP contribution is 2.23. The van der Waals surface area contributed by atoms with Gasteiger partial charge < -0.3 is 15.2 Å². The topological polar surface area (TPSA) is 61.6 Å². The van der Waals surface area contributed by atoms with Crippen LogP contribution in [0.1, 0.15) is 38.5 Å². The third-order valence-corrected chi connectivity index (χ3v) is 3.66. The fourth-order valence-corrected chi connectivity index (χ4v) is 2.43. The van der Waals surface area contributed by atoms with Crippen LogP contribution >= 0.6 is 0 Å². The van der Waals surface area contributed by atoms with Gasteiger partial charge in [0, 0.05) is 26.2 Å². The lowest BCUT2D eigenvalue weighted by atomic mass is 9.84. The van der Waals surface area contributed by atoms with Gasteiger partial charge in [-0.1, -0.05) is 0 Å². The molecule has 92 valence electrons. The summed E-state index contributed by atoms with van der Waals surface area (Å²) in [6, 6.07) is 0. The van der Waals surface area contributed by atoms with Gasteiger partial charge in [0.05, 0.1) is 11.6 Å². The minimum atomic E-state index is -0.628. The molecule has 0 amide bonds. The number of ketones is 1. The lowest BCUT2D eigenvalue weighted by Crippen LogP contribution is -2.52. The Morgan fingerprint density at radius 3 is 2.69 bits per heavy atom. The molecule has 2 fully saturated rings. The average molecular weight is 227 g/mol. The number of hydrogen-bond acceptors (Lipinski definition) is 4. The predicted octanol–water partition coefficient (Wildman–Crippen LogP) is 1.02. The Kier molecular flexibility index (Phi) is 3.95. The molecule has 2 rings (SSSR count). The van der Waals surface area contributed by atoms with Crippen LogP contribution in [0.2, 0.25) is 0 Å². The molecular formula is C12H21NO3. The van der Waals surface area contributed by atoms with E-state index >= 15 is 0 Å². The van der Waals surface area contributed by atoms with Crippen molar-refractivity contribution in [2.45, 2.75) is 50.2 Å². The zero-order valence-electron chi connectivity index (χ0n) is 9.74. The molecule has 4 nitrogen and oxygen atoms in total. The number of Topliss-reactive ketones (excluding diaryl/α,β-unsaturated/α-hetero) is 1. The van der Waals surface area contributed by atoms with E-state index < -0.39 is 5.54 Å². The van der Waals surface area contributed by atoms with E-state index in [9.17, 15) is 4.79 Å². The Morgan fingerprint density at radius 2 is 2.06 bits per heavy atom. The lowest BCUT2D eigenvalue weighted by molar-refractivity contribution is -0.128. The molecule has 1 atom stereocenters. The maximum atomic E-state index is 12.0. The van der Waals surface area contributed by atoms with Gasteiger partial charge >= 0.3 is 0 Å². The van der Waals surface area contributed by atoms with Gasteiger partial charge in [-0.05, 0) is 32.1 Å². The predicted molar refractivity (Wildman–Crippen MR) is 60.2 cm³/mol. The van der Waals surface area contributed by atoms with Crippen molar-refractivity contribution in [2.24, 2.45) is 5.73 Å². The van der Waals surface area contributed by atoms with E-state index in [0.29, 0.717) is 32.5 Å². The van der Waals surface area contributed by atoms with Gasteiger partial charge in [-0.3, -0.25) is 4.79 Å². The molecule has 0 radical (unpaired) electrons. The first kappa shape index (κ1) is 12.0. The second-order valence-electron chi connectivity index (χ2n) is 4.87. The summed E-state index contributed by atoms with van der Waals surface area (Å²) in [5, 5.41) is 0. The quantitative estimate of drug-likeness (QED) is 0.779. The van der Waals surface area contributed by atoms with Crippen LogP contribution in [0.3, 0.4) is 0 Å². The molecule has 0 aromatic rings. The second kappa shape index (κ2) is 5.25. The van der Waals surface area contributed by atoms with Crippen molar-refractivity contribution in [1.29, 1.82) is 0 Å². The minimum Gasteiger partial charge on any atom is -0.381 e. The number of nitrogens with two attached hydrogens (primary N) is 1. The van der Waals surface area contributed by atoms with Crippen molar-refractivity contribution >= 4 is 5.78 Å². The Hall–Kier alpha value is -0.450. The monoisotopic (exact) mass is 227 g/mol. The normalized spacial score (nSPS) is 29.2. The summed E-state index contributed by atoms with van der Waals surface area (Å²) < 4.78 is 10.7. The van der Waals surface area contributed by atoms with Crippen LogP contribution in [-0.2, 0) is 14.3 Å². The minimum absolute atomic E-state index is 0.186. The number of hydrogen-bond donors (Lipinski definition) is 1. The van der Waals surface area contributed by atoms with Gasteiger partial charge in [0.1, 0.15) is 0 Å². The van der Waals surface area contributed by atoms with Crippen molar-refractivity contribution < 1.29 is 14.3 Å². The van der Waals surface area contributed by atoms with Gasteiger partial charge in [0.2, 0.25) is 0 Å². The Balaban J connectivity index is 1.77. The van der Waals surface area contributed by atoms with Gasteiger partial charge in [-0.2, -0.15) is 0 Å². The van der Waals surface area contributed by atoms with Gasteiger partial charge in [0.25, 0.3) is 0 Å². The van der Waals surface area contributed by atoms with E-state index in [1.807, 2.05) is 0 Å². The molecular weight excluding hydrogens is 206 g/mol. The van der Waals surface area contributed by atoms with Crippen LogP contribution in [-0.4, -0.2) is 37.2 Å². The summed E-state index contributed by atoms with van der Waals surface area (Å²) in [5.41, 5.74) is 5.49. The van der Waals surface area contributed by atoms with E-state index in [1.165, 1.54) is 0 Å². The van der Waals surface area contributed by atoms with E-state index in [4.69, 9.17) is 15.2 Å². The maximum Gasteiger partial charge on any atom is 0.152 e. The first-order valence-electron chi connectivity index (χ1n) is 6.22. The lowest BCUT2D eigenvalue weighted by Gasteiger charge is -2.32. The summed E-state index contributed by atoms with van der Waals surface area (Å²) in [6.45, 7) is 2.07. The van der Waals surface area contributed by atoms with Crippen molar-refractivity contribution in [2.75, 3.05) is 19.8 Å². The van der Waals surface area contributed by atoms with Crippen LogP contribution in [0.15, 0.2) is 0 Å². The second-order valence-corrected chi connectivity index (χ2v) is 4.87. The first-order chi connectivity index (χ1) is 7.71. The Labute approximate surface area is 96.5 Å². The molecule has 2 heterocycles. The van der Waals surface area contributed by atoms with E-state index in [0.717, 1.165) is 25.9 Å². The fraction of sp³-hybridized carbons (Fsp3) is 0.917. The van der Waals surface area contributed by atoms with Gasteiger partial charge in [-0.15, -0.1) is 0 Å². The molecule has 2 saturated heterocycles. The summed E-state index contributed by atoms with van der Waals surface area (Å²) in [5.74, 6) is 0.186. The van der Waals surface area contributed by atoms with Crippen LogP contribution in [0.5, 0.6) is 0 Å². The third-order valence-electron chi connectivity index (χ3n) is 3.66. The summed E-state index contributed by atoms with van der Waals surface area (Å²) >= 11 is 0. The van der Waals surface area contributed by atoms with E-state index in [2.05, 4.69) is 0 Å². The smallest absolute Gasteiger partial charge is 0.152 e. The highest BCUT2D eigenvalue weighted by atomic mass is 16.5. The molecule has 16 heavy (non-hydrogen) atoms. The molecule has 0 bridgehead atoms. The number of ether oxygens (including phenoxy) is 2. The third kappa shape index (κ3) is 2.81. The van der Waals surface area contributed by atoms with Crippen LogP contribution < -0.4 is 5.73 Å². The SMILES string of the molecule is NC1(C(=O)CCC2CCCO2)CCOCC1. The van der Waals surface area contributed by atoms with Crippen molar-refractivity contribution in [1.82, 2.24) is 0 Å². The largest absolute Gasteiger partial charge is 0.381 e. The zero-order chi connectivity index (χ0) is 11.4. The zero-order valence-corrected chi connectivity index (χ0v) is 9.74. The fourth-order valence-electron chi connectivity index (χ4n) is 2.43. The number of carbonyl (C=O) groups is 1. The van der Waals surface area contributed by atoms with Crippen molar-refractivity contribution in [3.63, 3.8) is 0 Å². The summed E-state index contributed by atoms with van der Waals surface area (Å²) in [6.07, 6.45) is 5.22. The summed E-state index contributed by atoms with van der Waals surface area (Å²) in [4.78, 5) is 12.0. The number of carbonyl (C=O) groups excluding carboxylic acids is 1. The van der Waals surface area contributed by atoms with Crippen LogP contribution in [0.25, 0.3) is 0 Å². The van der Waals surface area contributed by atoms with Crippen molar-refractivity contribution in [3.05, 3.63) is 0 Å². The molecule has 2 N–H and O–H groups in total. The highest BCUT2D eigenvalue weighted by molar-refractivity contribution is 5.88. The maximum absolute atomic E-state index is 12.0. The standard InChI is InChI=1S/C12H21NO3/c13-12(5-8-15-9-6-12)11(14)4-3-10-2-1-7-16-10/h10H,1-9,13H2. The van der Waals surface area contributed by atoms with E-state index in [-0.39, 0.29) is 11.9 Å². The molecule has 0 saturated carbocycles.